The van der Waals surface area contributed by atoms with Crippen LogP contribution in [-0.4, -0.2) is 29.9 Å². The first-order chi connectivity index (χ1) is 15.3. The third-order valence-corrected chi connectivity index (χ3v) is 8.58. The molecule has 2 aliphatic heterocycles. The summed E-state index contributed by atoms with van der Waals surface area (Å²) in [6, 6.07) is 10.2. The molecule has 32 heavy (non-hydrogen) atoms. The van der Waals surface area contributed by atoms with Crippen LogP contribution in [0.1, 0.15) is 46.1 Å². The molecule has 1 aromatic carbocycles. The average molecular weight is 434 g/mol. The molecule has 4 nitrogen and oxygen atoms in total. The first-order valence-electron chi connectivity index (χ1n) is 12.2. The maximum atomic E-state index is 14.2. The largest absolute Gasteiger partial charge is 0.361 e. The summed E-state index contributed by atoms with van der Waals surface area (Å²) in [6.45, 7) is 8.79. The number of ketones is 1. The lowest BCUT2D eigenvalue weighted by Gasteiger charge is -2.44. The lowest BCUT2D eigenvalue weighted by Crippen LogP contribution is -2.54. The summed E-state index contributed by atoms with van der Waals surface area (Å²) in [7, 11) is 0. The van der Waals surface area contributed by atoms with E-state index in [4.69, 9.17) is 4.74 Å². The minimum atomic E-state index is -1.08. The number of nitrogens with one attached hydrogen (secondary N) is 1. The number of amides is 1. The number of epoxide rings is 1. The van der Waals surface area contributed by atoms with Crippen molar-refractivity contribution >= 4 is 11.7 Å². The summed E-state index contributed by atoms with van der Waals surface area (Å²) in [5.41, 5.74) is 1.38. The van der Waals surface area contributed by atoms with Crippen LogP contribution < -0.4 is 5.32 Å². The molecule has 1 amide bonds. The molecule has 1 aromatic rings. The van der Waals surface area contributed by atoms with Crippen LogP contribution in [0.3, 0.4) is 0 Å². The maximum Gasteiger partial charge on any atom is 0.235 e. The Bertz CT molecular complexity index is 966. The Morgan fingerprint density at radius 1 is 1.12 bits per heavy atom. The van der Waals surface area contributed by atoms with Crippen molar-refractivity contribution in [1.29, 1.82) is 0 Å². The minimum absolute atomic E-state index is 0.00668. The second-order valence-corrected chi connectivity index (χ2v) is 10.8. The Kier molecular flexibility index (Phi) is 5.40. The molecule has 0 saturated carbocycles. The molecule has 0 bridgehead atoms. The van der Waals surface area contributed by atoms with Crippen molar-refractivity contribution in [1.82, 2.24) is 5.32 Å². The molecule has 9 atom stereocenters. The highest BCUT2D eigenvalue weighted by molar-refractivity contribution is 6.12. The molecule has 1 N–H and O–H groups in total. The number of allylic oxidation sites excluding steroid dienone is 4. The number of rotatable bonds is 2. The molecule has 2 heterocycles. The number of Topliss-reactive ketones (excluding diaryl/α,β-unsaturated/α-hetero) is 1. The van der Waals surface area contributed by atoms with E-state index in [1.54, 1.807) is 0 Å². The van der Waals surface area contributed by atoms with Gasteiger partial charge in [-0.15, -0.1) is 0 Å². The third-order valence-electron chi connectivity index (χ3n) is 8.58. The SMILES string of the molecule is CC1=CC2C=CCC(C)CC(C)C3OC3C(=O)C23C(=O)NC(Cc2ccccc2)C3C1C. The molecule has 0 aromatic heterocycles. The van der Waals surface area contributed by atoms with Crippen molar-refractivity contribution in [2.45, 2.75) is 65.2 Å². The predicted octanol–water partition coefficient (Wildman–Crippen LogP) is 4.50. The standard InChI is InChI=1S/C28H35NO3/c1-16-9-8-12-21-14-17(2)19(4)23-22(15-20-10-6-5-7-11-20)29-27(31)28(21,23)26(30)25-24(32-25)18(3)13-16/h5-8,10-12,14,16,18-19,21-25H,9,13,15H2,1-4H3,(H,29,31). The first kappa shape index (κ1) is 21.6. The summed E-state index contributed by atoms with van der Waals surface area (Å²) in [4.78, 5) is 28.0. The Hall–Kier alpha value is -2.20. The maximum absolute atomic E-state index is 14.2. The third kappa shape index (κ3) is 3.30. The molecule has 4 aliphatic rings. The fourth-order valence-corrected chi connectivity index (χ4v) is 6.83. The van der Waals surface area contributed by atoms with Gasteiger partial charge in [0.1, 0.15) is 11.5 Å². The zero-order valence-electron chi connectivity index (χ0n) is 19.6. The molecular weight excluding hydrogens is 398 g/mol. The monoisotopic (exact) mass is 433 g/mol. The highest BCUT2D eigenvalue weighted by Crippen LogP contribution is 2.56. The fourth-order valence-electron chi connectivity index (χ4n) is 6.83. The van der Waals surface area contributed by atoms with Gasteiger partial charge in [-0.1, -0.05) is 74.9 Å². The van der Waals surface area contributed by atoms with Gasteiger partial charge in [0.2, 0.25) is 5.91 Å². The van der Waals surface area contributed by atoms with Crippen LogP contribution in [-0.2, 0) is 20.7 Å². The molecule has 2 aliphatic carbocycles. The Morgan fingerprint density at radius 2 is 1.88 bits per heavy atom. The Balaban J connectivity index is 1.60. The highest BCUT2D eigenvalue weighted by Gasteiger charge is 2.69. The minimum Gasteiger partial charge on any atom is -0.361 e. The van der Waals surface area contributed by atoms with E-state index in [0.29, 0.717) is 11.8 Å². The highest BCUT2D eigenvalue weighted by atomic mass is 16.6. The van der Waals surface area contributed by atoms with Crippen molar-refractivity contribution in [2.24, 2.45) is 35.0 Å². The Labute approximate surface area is 191 Å². The lowest BCUT2D eigenvalue weighted by molar-refractivity contribution is -0.146. The molecular formula is C28H35NO3. The van der Waals surface area contributed by atoms with E-state index < -0.39 is 11.5 Å². The van der Waals surface area contributed by atoms with Gasteiger partial charge in [-0.05, 0) is 49.5 Å². The van der Waals surface area contributed by atoms with Crippen molar-refractivity contribution < 1.29 is 14.3 Å². The predicted molar refractivity (Wildman–Crippen MR) is 125 cm³/mol. The molecule has 1 spiro atoms. The average Bonchev–Trinajstić information content (AvgIpc) is 3.50. The van der Waals surface area contributed by atoms with Crippen molar-refractivity contribution in [3.05, 3.63) is 59.7 Å². The quantitative estimate of drug-likeness (QED) is 0.424. The van der Waals surface area contributed by atoms with Gasteiger partial charge in [0.25, 0.3) is 0 Å². The summed E-state index contributed by atoms with van der Waals surface area (Å²) in [6.07, 6.45) is 8.78. The number of hydrogen-bond donors (Lipinski definition) is 1. The van der Waals surface area contributed by atoms with E-state index in [2.05, 4.69) is 63.4 Å². The molecule has 5 rings (SSSR count). The van der Waals surface area contributed by atoms with Gasteiger partial charge < -0.3 is 10.1 Å². The summed E-state index contributed by atoms with van der Waals surface area (Å²) >= 11 is 0. The van der Waals surface area contributed by atoms with Gasteiger partial charge in [0.05, 0.1) is 6.10 Å². The van der Waals surface area contributed by atoms with Crippen LogP contribution >= 0.6 is 0 Å². The van der Waals surface area contributed by atoms with Crippen molar-refractivity contribution in [3.63, 3.8) is 0 Å². The topological polar surface area (TPSA) is 58.7 Å². The molecule has 0 radical (unpaired) electrons. The second-order valence-electron chi connectivity index (χ2n) is 10.8. The van der Waals surface area contributed by atoms with Crippen LogP contribution in [0.2, 0.25) is 0 Å². The van der Waals surface area contributed by atoms with Crippen LogP contribution in [0.5, 0.6) is 0 Å². The zero-order valence-corrected chi connectivity index (χ0v) is 19.6. The summed E-state index contributed by atoms with van der Waals surface area (Å²) in [5, 5.41) is 3.29. The normalized spacial score (nSPS) is 43.3. The number of hydrogen-bond acceptors (Lipinski definition) is 3. The first-order valence-corrected chi connectivity index (χ1v) is 12.2. The van der Waals surface area contributed by atoms with Gasteiger partial charge in [0, 0.05) is 17.9 Å². The number of fused-ring (bicyclic) bond motifs is 1. The summed E-state index contributed by atoms with van der Waals surface area (Å²) < 4.78 is 6.00. The van der Waals surface area contributed by atoms with E-state index >= 15 is 0 Å². The molecule has 9 unspecified atom stereocenters. The van der Waals surface area contributed by atoms with Crippen LogP contribution in [0.25, 0.3) is 0 Å². The number of ether oxygens (including phenoxy) is 1. The van der Waals surface area contributed by atoms with E-state index in [9.17, 15) is 9.59 Å². The molecule has 2 saturated heterocycles. The molecule has 4 heteroatoms. The van der Waals surface area contributed by atoms with E-state index in [-0.39, 0.29) is 41.6 Å². The van der Waals surface area contributed by atoms with Crippen LogP contribution in [0, 0.1) is 35.0 Å². The summed E-state index contributed by atoms with van der Waals surface area (Å²) in [5.74, 6) is 0.599. The molecule has 170 valence electrons. The van der Waals surface area contributed by atoms with Gasteiger partial charge in [0.15, 0.2) is 5.78 Å². The smallest absolute Gasteiger partial charge is 0.235 e. The van der Waals surface area contributed by atoms with Crippen molar-refractivity contribution in [2.75, 3.05) is 0 Å². The van der Waals surface area contributed by atoms with E-state index in [0.717, 1.165) is 19.3 Å². The second kappa shape index (κ2) is 7.98. The van der Waals surface area contributed by atoms with E-state index in [1.807, 2.05) is 18.2 Å². The van der Waals surface area contributed by atoms with E-state index in [1.165, 1.54) is 11.1 Å². The number of carbonyl (C=O) groups is 2. The van der Waals surface area contributed by atoms with Gasteiger partial charge in [-0.25, -0.2) is 0 Å². The van der Waals surface area contributed by atoms with Gasteiger partial charge in [-0.3, -0.25) is 9.59 Å². The van der Waals surface area contributed by atoms with Gasteiger partial charge >= 0.3 is 0 Å². The van der Waals surface area contributed by atoms with Crippen molar-refractivity contribution in [3.8, 4) is 0 Å². The Morgan fingerprint density at radius 3 is 2.62 bits per heavy atom. The molecule has 2 fully saturated rings. The fraction of sp³-hybridized carbons (Fsp3) is 0.571. The van der Waals surface area contributed by atoms with Gasteiger partial charge in [-0.2, -0.15) is 0 Å². The lowest BCUT2D eigenvalue weighted by atomic mass is 9.54. The zero-order chi connectivity index (χ0) is 22.6. The number of benzene rings is 1. The van der Waals surface area contributed by atoms with Crippen LogP contribution in [0.4, 0.5) is 0 Å². The van der Waals surface area contributed by atoms with Crippen LogP contribution in [0.15, 0.2) is 54.1 Å². The number of carbonyl (C=O) groups excluding carboxylic acids is 2.